The Morgan fingerprint density at radius 1 is 1.38 bits per heavy atom. The van der Waals surface area contributed by atoms with Crippen molar-refractivity contribution in [1.82, 2.24) is 20.4 Å². The number of aliphatic hydroxyl groups excluding tert-OH is 1. The van der Waals surface area contributed by atoms with Gasteiger partial charge in [-0.25, -0.2) is 4.98 Å². The third-order valence-corrected chi connectivity index (χ3v) is 2.84. The first-order chi connectivity index (χ1) is 7.48. The third-order valence-electron chi connectivity index (χ3n) is 1.75. The van der Waals surface area contributed by atoms with Gasteiger partial charge < -0.3 is 5.11 Å². The third kappa shape index (κ3) is 2.04. The van der Waals surface area contributed by atoms with E-state index in [1.807, 2.05) is 0 Å². The topological polar surface area (TPSA) is 74.7 Å². The average Bonchev–Trinajstić information content (AvgIpc) is 2.87. The largest absolute Gasteiger partial charge is 0.443 e. The number of aromatic nitrogens is 4. The maximum Gasteiger partial charge on any atom is 0.443 e. The molecule has 2 aromatic heterocycles. The zero-order valence-corrected chi connectivity index (χ0v) is 8.38. The minimum Gasteiger partial charge on any atom is -0.381 e. The lowest BCUT2D eigenvalue weighted by molar-refractivity contribution is -0.137. The van der Waals surface area contributed by atoms with Crippen LogP contribution in [-0.4, -0.2) is 25.5 Å². The number of H-pyrrole nitrogens is 1. The second kappa shape index (κ2) is 3.83. The van der Waals surface area contributed by atoms with Crippen LogP contribution in [0.25, 0.3) is 0 Å². The number of halogens is 3. The molecule has 1 unspecified atom stereocenters. The Labute approximate surface area is 91.0 Å². The molecule has 0 saturated heterocycles. The Balaban J connectivity index is 2.26. The summed E-state index contributed by atoms with van der Waals surface area (Å²) >= 11 is 0.378. The van der Waals surface area contributed by atoms with Gasteiger partial charge in [-0.2, -0.15) is 28.6 Å². The van der Waals surface area contributed by atoms with E-state index in [2.05, 4.69) is 20.4 Å². The van der Waals surface area contributed by atoms with E-state index in [4.69, 9.17) is 0 Å². The van der Waals surface area contributed by atoms with E-state index in [0.717, 1.165) is 6.20 Å². The monoisotopic (exact) mass is 250 g/mol. The highest BCUT2D eigenvalue weighted by atomic mass is 32.1. The minimum atomic E-state index is -4.49. The lowest BCUT2D eigenvalue weighted by Gasteiger charge is -2.02. The van der Waals surface area contributed by atoms with Crippen molar-refractivity contribution in [2.45, 2.75) is 12.3 Å². The molecule has 0 aliphatic rings. The van der Waals surface area contributed by atoms with E-state index in [1.54, 1.807) is 0 Å². The Bertz CT molecular complexity index is 466. The summed E-state index contributed by atoms with van der Waals surface area (Å²) < 4.78 is 36.7. The predicted octanol–water partition coefficient (Wildman–Crippen LogP) is 1.36. The molecule has 0 amide bonds. The fraction of sp³-hybridized carbons (Fsp3) is 0.286. The first-order valence-electron chi connectivity index (χ1n) is 4.05. The van der Waals surface area contributed by atoms with Crippen LogP contribution in [0.1, 0.15) is 21.7 Å². The van der Waals surface area contributed by atoms with Crippen molar-refractivity contribution in [2.24, 2.45) is 0 Å². The summed E-state index contributed by atoms with van der Waals surface area (Å²) in [6.45, 7) is 0. The molecule has 0 aliphatic carbocycles. The van der Waals surface area contributed by atoms with Gasteiger partial charge in [-0.15, -0.1) is 11.3 Å². The van der Waals surface area contributed by atoms with Gasteiger partial charge >= 0.3 is 6.18 Å². The number of aliphatic hydroxyl groups is 1. The van der Waals surface area contributed by atoms with Gasteiger partial charge in [0.15, 0.2) is 5.01 Å². The Morgan fingerprint density at radius 3 is 2.62 bits per heavy atom. The molecule has 0 radical (unpaired) electrons. The lowest BCUT2D eigenvalue weighted by Crippen LogP contribution is -2.03. The normalized spacial score (nSPS) is 14.0. The molecular formula is C7H5F3N4OS. The SMILES string of the molecule is OC(c1cn[nH]n1)c1cnc(C(F)(F)F)s1. The lowest BCUT2D eigenvalue weighted by atomic mass is 10.2. The van der Waals surface area contributed by atoms with Crippen LogP contribution < -0.4 is 0 Å². The number of hydrogen-bond donors (Lipinski definition) is 2. The van der Waals surface area contributed by atoms with Crippen LogP contribution in [0.5, 0.6) is 0 Å². The molecule has 2 aromatic rings. The van der Waals surface area contributed by atoms with Crippen LogP contribution in [0.3, 0.4) is 0 Å². The first-order valence-corrected chi connectivity index (χ1v) is 4.87. The standard InChI is InChI=1S/C7H5F3N4OS/c8-7(9,10)6-11-2-4(16-6)5(15)3-1-12-14-13-3/h1-2,5,15H,(H,12,13,14). The van der Waals surface area contributed by atoms with E-state index < -0.39 is 17.3 Å². The second-order valence-electron chi connectivity index (χ2n) is 2.86. The highest BCUT2D eigenvalue weighted by Gasteiger charge is 2.35. The van der Waals surface area contributed by atoms with E-state index >= 15 is 0 Å². The van der Waals surface area contributed by atoms with Crippen molar-refractivity contribution >= 4 is 11.3 Å². The maximum absolute atomic E-state index is 12.2. The zero-order chi connectivity index (χ0) is 11.8. The number of aromatic amines is 1. The Morgan fingerprint density at radius 2 is 2.12 bits per heavy atom. The van der Waals surface area contributed by atoms with Crippen molar-refractivity contribution in [2.75, 3.05) is 0 Å². The van der Waals surface area contributed by atoms with Crippen molar-refractivity contribution in [1.29, 1.82) is 0 Å². The molecule has 86 valence electrons. The summed E-state index contributed by atoms with van der Waals surface area (Å²) in [5.41, 5.74) is 0.150. The number of rotatable bonds is 2. The average molecular weight is 250 g/mol. The fourth-order valence-electron chi connectivity index (χ4n) is 1.03. The van der Waals surface area contributed by atoms with Crippen LogP contribution in [0.4, 0.5) is 13.2 Å². The van der Waals surface area contributed by atoms with Gasteiger partial charge in [-0.1, -0.05) is 0 Å². The van der Waals surface area contributed by atoms with Crippen molar-refractivity contribution in [3.63, 3.8) is 0 Å². The van der Waals surface area contributed by atoms with Gasteiger partial charge in [0.05, 0.1) is 11.1 Å². The molecule has 2 rings (SSSR count). The van der Waals surface area contributed by atoms with Gasteiger partial charge in [-0.05, 0) is 0 Å². The Hall–Kier alpha value is -1.48. The van der Waals surface area contributed by atoms with Gasteiger partial charge in [0.25, 0.3) is 0 Å². The van der Waals surface area contributed by atoms with Crippen LogP contribution in [-0.2, 0) is 6.18 Å². The highest BCUT2D eigenvalue weighted by Crippen LogP contribution is 2.35. The van der Waals surface area contributed by atoms with E-state index in [1.165, 1.54) is 6.20 Å². The quantitative estimate of drug-likeness (QED) is 0.843. The van der Waals surface area contributed by atoms with E-state index in [9.17, 15) is 18.3 Å². The molecular weight excluding hydrogens is 245 g/mol. The molecule has 2 N–H and O–H groups in total. The maximum atomic E-state index is 12.2. The molecule has 0 bridgehead atoms. The summed E-state index contributed by atoms with van der Waals surface area (Å²) in [6, 6.07) is 0. The minimum absolute atomic E-state index is 0.0706. The molecule has 9 heteroatoms. The number of thiazole rings is 1. The molecule has 0 fully saturated rings. The highest BCUT2D eigenvalue weighted by molar-refractivity contribution is 7.11. The van der Waals surface area contributed by atoms with Gasteiger partial charge in [0, 0.05) is 6.20 Å². The van der Waals surface area contributed by atoms with Gasteiger partial charge in [0.2, 0.25) is 0 Å². The second-order valence-corrected chi connectivity index (χ2v) is 3.93. The summed E-state index contributed by atoms with van der Waals surface area (Å²) in [6.07, 6.45) is -3.52. The van der Waals surface area contributed by atoms with Gasteiger partial charge in [-0.3, -0.25) is 0 Å². The van der Waals surface area contributed by atoms with E-state index in [-0.39, 0.29) is 10.6 Å². The number of hydrogen-bond acceptors (Lipinski definition) is 5. The van der Waals surface area contributed by atoms with Crippen LogP contribution >= 0.6 is 11.3 Å². The molecule has 16 heavy (non-hydrogen) atoms. The molecule has 0 aromatic carbocycles. The summed E-state index contributed by atoms with van der Waals surface area (Å²) in [4.78, 5) is 3.26. The molecule has 1 atom stereocenters. The van der Waals surface area contributed by atoms with Crippen LogP contribution in [0.15, 0.2) is 12.4 Å². The summed E-state index contributed by atoms with van der Waals surface area (Å²) in [5, 5.41) is 17.9. The number of alkyl halides is 3. The van der Waals surface area contributed by atoms with Gasteiger partial charge in [0.1, 0.15) is 11.8 Å². The fourth-order valence-corrected chi connectivity index (χ4v) is 1.81. The molecule has 0 saturated carbocycles. The number of nitrogens with zero attached hydrogens (tertiary/aromatic N) is 3. The number of nitrogens with one attached hydrogen (secondary N) is 1. The van der Waals surface area contributed by atoms with Crippen LogP contribution in [0, 0.1) is 0 Å². The summed E-state index contributed by atoms with van der Waals surface area (Å²) in [5.74, 6) is 0. The van der Waals surface area contributed by atoms with Crippen LogP contribution in [0.2, 0.25) is 0 Å². The first kappa shape index (κ1) is 11.0. The predicted molar refractivity (Wildman–Crippen MR) is 47.6 cm³/mol. The molecule has 0 aliphatic heterocycles. The van der Waals surface area contributed by atoms with Crippen molar-refractivity contribution in [3.8, 4) is 0 Å². The Kier molecular flexibility index (Phi) is 2.64. The molecule has 0 spiro atoms. The molecule has 5 nitrogen and oxygen atoms in total. The molecule has 2 heterocycles. The van der Waals surface area contributed by atoms with E-state index in [0.29, 0.717) is 11.3 Å². The summed E-state index contributed by atoms with van der Waals surface area (Å²) in [7, 11) is 0. The van der Waals surface area contributed by atoms with Crippen molar-refractivity contribution in [3.05, 3.63) is 28.0 Å². The zero-order valence-electron chi connectivity index (χ0n) is 7.56. The van der Waals surface area contributed by atoms with Crippen molar-refractivity contribution < 1.29 is 18.3 Å². The smallest absolute Gasteiger partial charge is 0.381 e.